The van der Waals surface area contributed by atoms with E-state index in [9.17, 15) is 0 Å². The molecule has 8 nitrogen and oxygen atoms in total. The molecule has 1 fully saturated rings. The Morgan fingerprint density at radius 1 is 1.23 bits per heavy atom. The van der Waals surface area contributed by atoms with Gasteiger partial charge in [-0.25, -0.2) is 10.1 Å². The lowest BCUT2D eigenvalue weighted by Crippen LogP contribution is -2.36. The molecule has 0 amide bonds. The Labute approximate surface area is 128 Å². The molecule has 0 atom stereocenters. The van der Waals surface area contributed by atoms with Crippen molar-refractivity contribution in [3.8, 4) is 0 Å². The van der Waals surface area contributed by atoms with Gasteiger partial charge >= 0.3 is 0 Å². The maximum Gasteiger partial charge on any atom is 0.263 e. The van der Waals surface area contributed by atoms with E-state index in [1.54, 1.807) is 13.1 Å². The van der Waals surface area contributed by atoms with E-state index in [-0.39, 0.29) is 0 Å². The van der Waals surface area contributed by atoms with Gasteiger partial charge in [-0.3, -0.25) is 0 Å². The summed E-state index contributed by atoms with van der Waals surface area (Å²) in [5, 5.41) is 11.8. The fourth-order valence-corrected chi connectivity index (χ4v) is 2.20. The molecule has 3 N–H and O–H groups in total. The molecular weight excluding hydrogens is 282 g/mol. The van der Waals surface area contributed by atoms with Crippen LogP contribution in [0.3, 0.4) is 0 Å². The second-order valence-corrected chi connectivity index (χ2v) is 5.00. The normalized spacial score (nSPS) is 15.4. The molecule has 22 heavy (non-hydrogen) atoms. The number of ether oxygens (including phenoxy) is 1. The first-order chi connectivity index (χ1) is 10.7. The number of morpholine rings is 1. The standard InChI is InChI=1S/C14H19N7O/c1-11-17-19-14(21(11)15)18-16-10-12-2-4-13(5-3-12)20-6-8-22-9-7-20/h2-5,10H,6-9,15H2,1H3,(H,18,19)/b16-10-. The van der Waals surface area contributed by atoms with Crippen LogP contribution >= 0.6 is 0 Å². The Kier molecular flexibility index (Phi) is 4.19. The Morgan fingerprint density at radius 2 is 1.95 bits per heavy atom. The zero-order valence-electron chi connectivity index (χ0n) is 12.4. The number of hydrazone groups is 1. The van der Waals surface area contributed by atoms with E-state index in [0.717, 1.165) is 31.9 Å². The highest BCUT2D eigenvalue weighted by Gasteiger charge is 2.10. The zero-order chi connectivity index (χ0) is 15.4. The molecule has 0 unspecified atom stereocenters. The van der Waals surface area contributed by atoms with Gasteiger partial charge < -0.3 is 15.5 Å². The van der Waals surface area contributed by atoms with E-state index in [1.807, 2.05) is 12.1 Å². The fourth-order valence-electron chi connectivity index (χ4n) is 2.20. The maximum atomic E-state index is 5.72. The van der Waals surface area contributed by atoms with Crippen molar-refractivity contribution in [1.29, 1.82) is 0 Å². The summed E-state index contributed by atoms with van der Waals surface area (Å²) in [6.45, 7) is 5.20. The predicted octanol–water partition coefficient (Wildman–Crippen LogP) is 0.583. The summed E-state index contributed by atoms with van der Waals surface area (Å²) >= 11 is 0. The third-order valence-electron chi connectivity index (χ3n) is 3.51. The SMILES string of the molecule is Cc1nnc(N/N=C\c2ccc(N3CCOCC3)cc2)n1N. The van der Waals surface area contributed by atoms with Crippen LogP contribution < -0.4 is 16.2 Å². The molecule has 2 aromatic rings. The lowest BCUT2D eigenvalue weighted by atomic mass is 10.2. The maximum absolute atomic E-state index is 5.72. The number of nitrogens with zero attached hydrogens (tertiary/aromatic N) is 5. The highest BCUT2D eigenvalue weighted by molar-refractivity contribution is 5.80. The van der Waals surface area contributed by atoms with Crippen molar-refractivity contribution >= 4 is 17.9 Å². The summed E-state index contributed by atoms with van der Waals surface area (Å²) in [5.74, 6) is 6.74. The molecule has 0 spiro atoms. The summed E-state index contributed by atoms with van der Waals surface area (Å²) in [4.78, 5) is 2.31. The molecule has 1 aliphatic heterocycles. The van der Waals surface area contributed by atoms with E-state index >= 15 is 0 Å². The minimum Gasteiger partial charge on any atom is -0.378 e. The smallest absolute Gasteiger partial charge is 0.263 e. The Hall–Kier alpha value is -2.61. The molecule has 0 aliphatic carbocycles. The highest BCUT2D eigenvalue weighted by atomic mass is 16.5. The minimum absolute atomic E-state index is 0.402. The zero-order valence-corrected chi connectivity index (χ0v) is 12.4. The quantitative estimate of drug-likeness (QED) is 0.487. The van der Waals surface area contributed by atoms with Gasteiger partial charge in [-0.15, -0.1) is 10.2 Å². The molecule has 1 saturated heterocycles. The lowest BCUT2D eigenvalue weighted by molar-refractivity contribution is 0.122. The van der Waals surface area contributed by atoms with Crippen LogP contribution in [-0.2, 0) is 4.74 Å². The van der Waals surface area contributed by atoms with Gasteiger partial charge in [0.25, 0.3) is 5.95 Å². The van der Waals surface area contributed by atoms with Crippen molar-refractivity contribution < 1.29 is 4.74 Å². The number of rotatable bonds is 4. The van der Waals surface area contributed by atoms with E-state index < -0.39 is 0 Å². The number of nitrogens with two attached hydrogens (primary N) is 1. The average Bonchev–Trinajstić information content (AvgIpc) is 2.88. The largest absolute Gasteiger partial charge is 0.378 e. The summed E-state index contributed by atoms with van der Waals surface area (Å²) in [6.07, 6.45) is 1.72. The molecule has 0 saturated carbocycles. The fraction of sp³-hybridized carbons (Fsp3) is 0.357. The minimum atomic E-state index is 0.402. The lowest BCUT2D eigenvalue weighted by Gasteiger charge is -2.28. The van der Waals surface area contributed by atoms with Gasteiger partial charge in [-0.2, -0.15) is 5.10 Å². The monoisotopic (exact) mass is 301 g/mol. The van der Waals surface area contributed by atoms with Crippen LogP contribution in [0, 0.1) is 6.92 Å². The van der Waals surface area contributed by atoms with Crippen LogP contribution in [0.5, 0.6) is 0 Å². The molecular formula is C14H19N7O. The second kappa shape index (κ2) is 6.44. The molecule has 1 aromatic heterocycles. The van der Waals surface area contributed by atoms with E-state index in [1.165, 1.54) is 10.4 Å². The summed E-state index contributed by atoms with van der Waals surface area (Å²) in [5.41, 5.74) is 4.96. The molecule has 1 aliphatic rings. The van der Waals surface area contributed by atoms with E-state index in [0.29, 0.717) is 11.8 Å². The van der Waals surface area contributed by atoms with Crippen LogP contribution in [-0.4, -0.2) is 47.4 Å². The number of benzene rings is 1. The number of hydrogen-bond donors (Lipinski definition) is 2. The van der Waals surface area contributed by atoms with Crippen molar-refractivity contribution in [2.24, 2.45) is 5.10 Å². The van der Waals surface area contributed by atoms with Crippen molar-refractivity contribution in [1.82, 2.24) is 14.9 Å². The molecule has 0 radical (unpaired) electrons. The van der Waals surface area contributed by atoms with Gasteiger partial charge in [-0.1, -0.05) is 12.1 Å². The van der Waals surface area contributed by atoms with Crippen LogP contribution in [0.25, 0.3) is 0 Å². The van der Waals surface area contributed by atoms with Gasteiger partial charge in [0.05, 0.1) is 19.4 Å². The van der Waals surface area contributed by atoms with E-state index in [2.05, 4.69) is 37.8 Å². The summed E-state index contributed by atoms with van der Waals surface area (Å²) < 4.78 is 6.70. The third kappa shape index (κ3) is 3.17. The number of anilines is 2. The van der Waals surface area contributed by atoms with E-state index in [4.69, 9.17) is 10.6 Å². The van der Waals surface area contributed by atoms with Gasteiger partial charge in [-0.05, 0) is 24.6 Å². The van der Waals surface area contributed by atoms with Gasteiger partial charge in [0.15, 0.2) is 5.82 Å². The first-order valence-corrected chi connectivity index (χ1v) is 7.13. The van der Waals surface area contributed by atoms with Crippen LogP contribution in [0.4, 0.5) is 11.6 Å². The molecule has 3 rings (SSSR count). The number of hydrogen-bond acceptors (Lipinski definition) is 7. The van der Waals surface area contributed by atoms with Crippen LogP contribution in [0.2, 0.25) is 0 Å². The number of aromatic nitrogens is 3. The third-order valence-corrected chi connectivity index (χ3v) is 3.51. The summed E-state index contributed by atoms with van der Waals surface area (Å²) in [6, 6.07) is 8.22. The van der Waals surface area contributed by atoms with Crippen LogP contribution in [0.1, 0.15) is 11.4 Å². The molecule has 1 aromatic carbocycles. The molecule has 2 heterocycles. The molecule has 116 valence electrons. The van der Waals surface area contributed by atoms with Crippen molar-refractivity contribution in [2.45, 2.75) is 6.92 Å². The predicted molar refractivity (Wildman–Crippen MR) is 85.6 cm³/mol. The highest BCUT2D eigenvalue weighted by Crippen LogP contribution is 2.16. The Bertz CT molecular complexity index is 644. The molecule has 0 bridgehead atoms. The second-order valence-electron chi connectivity index (χ2n) is 5.00. The van der Waals surface area contributed by atoms with Crippen molar-refractivity contribution in [2.75, 3.05) is 42.5 Å². The topological polar surface area (TPSA) is 93.6 Å². The van der Waals surface area contributed by atoms with Gasteiger partial charge in [0.2, 0.25) is 0 Å². The first kappa shape index (κ1) is 14.3. The Balaban J connectivity index is 1.60. The Morgan fingerprint density at radius 3 is 2.59 bits per heavy atom. The molecule has 8 heteroatoms. The average molecular weight is 301 g/mol. The van der Waals surface area contributed by atoms with Crippen molar-refractivity contribution in [3.63, 3.8) is 0 Å². The van der Waals surface area contributed by atoms with Gasteiger partial charge in [0, 0.05) is 18.8 Å². The number of aryl methyl sites for hydroxylation is 1. The number of nitrogens with one attached hydrogen (secondary N) is 1. The first-order valence-electron chi connectivity index (χ1n) is 7.13. The van der Waals surface area contributed by atoms with Crippen molar-refractivity contribution in [3.05, 3.63) is 35.7 Å². The van der Waals surface area contributed by atoms with Gasteiger partial charge in [0.1, 0.15) is 0 Å². The van der Waals surface area contributed by atoms with Crippen LogP contribution in [0.15, 0.2) is 29.4 Å². The number of nitrogen functional groups attached to an aromatic ring is 1. The summed E-state index contributed by atoms with van der Waals surface area (Å²) in [7, 11) is 0.